The summed E-state index contributed by atoms with van der Waals surface area (Å²) in [6.45, 7) is 1.77. The summed E-state index contributed by atoms with van der Waals surface area (Å²) < 4.78 is 14.4. The van der Waals surface area contributed by atoms with Crippen molar-refractivity contribution in [3.63, 3.8) is 0 Å². The fourth-order valence-corrected chi connectivity index (χ4v) is 3.21. The van der Waals surface area contributed by atoms with Gasteiger partial charge in [-0.15, -0.1) is 0 Å². The van der Waals surface area contributed by atoms with Crippen LogP contribution in [0, 0.1) is 18.8 Å². The zero-order valence-corrected chi connectivity index (χ0v) is 14.5. The first-order valence-electron chi connectivity index (χ1n) is 7.25. The number of fused-ring (bicyclic) bond motifs is 1. The maximum absolute atomic E-state index is 12.3. The van der Waals surface area contributed by atoms with E-state index in [1.807, 2.05) is 0 Å². The Labute approximate surface area is 144 Å². The fourth-order valence-electron chi connectivity index (χ4n) is 3.06. The second-order valence-corrected chi connectivity index (χ2v) is 5.88. The van der Waals surface area contributed by atoms with E-state index in [1.165, 1.54) is 21.3 Å². The van der Waals surface area contributed by atoms with Crippen molar-refractivity contribution in [2.75, 3.05) is 21.3 Å². The Morgan fingerprint density at radius 1 is 1.08 bits per heavy atom. The molecular weight excluding hydrogens is 338 g/mol. The molecule has 0 bridgehead atoms. The first-order chi connectivity index (χ1) is 11.3. The van der Waals surface area contributed by atoms with Crippen LogP contribution >= 0.6 is 11.6 Å². The average molecular weight is 356 g/mol. The van der Waals surface area contributed by atoms with Crippen molar-refractivity contribution in [1.29, 1.82) is 0 Å². The Morgan fingerprint density at radius 3 is 2.21 bits per heavy atom. The molecule has 0 N–H and O–H groups in total. The lowest BCUT2D eigenvalue weighted by Crippen LogP contribution is -2.44. The van der Waals surface area contributed by atoms with Crippen molar-refractivity contribution in [2.24, 2.45) is 11.8 Å². The van der Waals surface area contributed by atoms with Crippen LogP contribution in [0.4, 0.5) is 0 Å². The molecule has 1 aliphatic carbocycles. The van der Waals surface area contributed by atoms with Gasteiger partial charge in [0, 0.05) is 0 Å². The minimum atomic E-state index is -1.09. The molecule has 1 aromatic rings. The van der Waals surface area contributed by atoms with Gasteiger partial charge in [-0.3, -0.25) is 14.4 Å². The van der Waals surface area contributed by atoms with Crippen LogP contribution in [0.5, 0.6) is 0 Å². The standard InChI is InChI=1S/C16H18ClNO6/c1-7-5-8-6-9(14(19)22-2)10(15(20)23-3)11(16(21)24-4)12(8)18-13(7)17/h5,9-11H,6H2,1-4H3/t9-,10-,11-/m1/s1. The van der Waals surface area contributed by atoms with E-state index >= 15 is 0 Å². The van der Waals surface area contributed by atoms with E-state index in [2.05, 4.69) is 4.98 Å². The number of hydrogen-bond donors (Lipinski definition) is 0. The summed E-state index contributed by atoms with van der Waals surface area (Å²) in [5, 5.41) is 0.225. The zero-order chi connectivity index (χ0) is 18.0. The molecule has 1 aliphatic rings. The highest BCUT2D eigenvalue weighted by Crippen LogP contribution is 2.42. The highest BCUT2D eigenvalue weighted by Gasteiger charge is 2.50. The molecule has 24 heavy (non-hydrogen) atoms. The van der Waals surface area contributed by atoms with Gasteiger partial charge in [0.1, 0.15) is 11.1 Å². The van der Waals surface area contributed by atoms with Gasteiger partial charge in [-0.05, 0) is 24.5 Å². The van der Waals surface area contributed by atoms with Crippen molar-refractivity contribution >= 4 is 29.5 Å². The van der Waals surface area contributed by atoms with Crippen LogP contribution in [-0.2, 0) is 35.0 Å². The number of nitrogens with zero attached hydrogens (tertiary/aromatic N) is 1. The van der Waals surface area contributed by atoms with Crippen LogP contribution in [0.15, 0.2) is 6.07 Å². The average Bonchev–Trinajstić information content (AvgIpc) is 2.59. The van der Waals surface area contributed by atoms with Crippen LogP contribution in [-0.4, -0.2) is 44.2 Å². The van der Waals surface area contributed by atoms with Gasteiger partial charge in [0.15, 0.2) is 0 Å². The van der Waals surface area contributed by atoms with Gasteiger partial charge < -0.3 is 14.2 Å². The van der Waals surface area contributed by atoms with E-state index < -0.39 is 35.7 Å². The van der Waals surface area contributed by atoms with Crippen LogP contribution in [0.25, 0.3) is 0 Å². The van der Waals surface area contributed by atoms with E-state index in [1.54, 1.807) is 13.0 Å². The first-order valence-corrected chi connectivity index (χ1v) is 7.62. The van der Waals surface area contributed by atoms with E-state index in [0.29, 0.717) is 16.8 Å². The van der Waals surface area contributed by atoms with Gasteiger partial charge in [0.2, 0.25) is 0 Å². The molecule has 0 fully saturated rings. The van der Waals surface area contributed by atoms with E-state index in [0.717, 1.165) is 0 Å². The summed E-state index contributed by atoms with van der Waals surface area (Å²) in [7, 11) is 3.62. The highest BCUT2D eigenvalue weighted by molar-refractivity contribution is 6.30. The minimum absolute atomic E-state index is 0.195. The zero-order valence-electron chi connectivity index (χ0n) is 13.8. The van der Waals surface area contributed by atoms with Gasteiger partial charge in [-0.25, -0.2) is 4.98 Å². The molecular formula is C16H18ClNO6. The Hall–Kier alpha value is -2.15. The number of carbonyl (C=O) groups excluding carboxylic acids is 3. The Morgan fingerprint density at radius 2 is 1.67 bits per heavy atom. The lowest BCUT2D eigenvalue weighted by Gasteiger charge is -2.34. The van der Waals surface area contributed by atoms with Crippen molar-refractivity contribution in [2.45, 2.75) is 19.3 Å². The molecule has 0 aromatic carbocycles. The van der Waals surface area contributed by atoms with Crippen LogP contribution in [0.2, 0.25) is 5.15 Å². The number of rotatable bonds is 3. The highest BCUT2D eigenvalue weighted by atomic mass is 35.5. The van der Waals surface area contributed by atoms with Gasteiger partial charge >= 0.3 is 17.9 Å². The van der Waals surface area contributed by atoms with E-state index in [-0.39, 0.29) is 11.6 Å². The molecule has 1 heterocycles. The summed E-state index contributed by atoms with van der Waals surface area (Å²) in [4.78, 5) is 41.1. The number of hydrogen-bond acceptors (Lipinski definition) is 7. The predicted molar refractivity (Wildman–Crippen MR) is 83.5 cm³/mol. The lowest BCUT2D eigenvalue weighted by molar-refractivity contribution is -0.163. The maximum atomic E-state index is 12.3. The number of ether oxygens (including phenoxy) is 3. The summed E-state index contributed by atoms with van der Waals surface area (Å²) >= 11 is 6.08. The van der Waals surface area contributed by atoms with Crippen LogP contribution in [0.1, 0.15) is 22.7 Å². The first kappa shape index (κ1) is 18.2. The monoisotopic (exact) mass is 355 g/mol. The van der Waals surface area contributed by atoms with Crippen LogP contribution in [0.3, 0.4) is 0 Å². The van der Waals surface area contributed by atoms with E-state index in [9.17, 15) is 14.4 Å². The predicted octanol–water partition coefficient (Wildman–Crippen LogP) is 1.43. The summed E-state index contributed by atoms with van der Waals surface area (Å²) in [6, 6.07) is 1.75. The molecule has 3 atom stereocenters. The molecule has 8 heteroatoms. The van der Waals surface area contributed by atoms with Crippen molar-refractivity contribution in [3.8, 4) is 0 Å². The van der Waals surface area contributed by atoms with Gasteiger partial charge in [0.25, 0.3) is 0 Å². The molecule has 0 amide bonds. The van der Waals surface area contributed by atoms with Crippen molar-refractivity contribution in [3.05, 3.63) is 28.0 Å². The number of methoxy groups -OCH3 is 3. The molecule has 0 saturated heterocycles. The number of aryl methyl sites for hydroxylation is 1. The number of carbonyl (C=O) groups is 3. The molecule has 7 nitrogen and oxygen atoms in total. The molecule has 0 spiro atoms. The van der Waals surface area contributed by atoms with Gasteiger partial charge in [-0.2, -0.15) is 0 Å². The summed E-state index contributed by atoms with van der Waals surface area (Å²) in [5.74, 6) is -5.04. The number of esters is 3. The third-order valence-corrected chi connectivity index (χ3v) is 4.61. The lowest BCUT2D eigenvalue weighted by atomic mass is 9.70. The quantitative estimate of drug-likeness (QED) is 0.460. The molecule has 0 aliphatic heterocycles. The Balaban J connectivity index is 2.67. The van der Waals surface area contributed by atoms with Crippen molar-refractivity contribution < 1.29 is 28.6 Å². The largest absolute Gasteiger partial charge is 0.469 e. The smallest absolute Gasteiger partial charge is 0.315 e. The SMILES string of the molecule is COC(=O)[C@@H]1[C@H](C(=O)OC)Cc2cc(C)c(Cl)nc2[C@@H]1C(=O)OC. The molecule has 0 unspecified atom stereocenters. The Bertz CT molecular complexity index is 689. The number of aromatic nitrogens is 1. The topological polar surface area (TPSA) is 91.8 Å². The maximum Gasteiger partial charge on any atom is 0.315 e. The molecule has 0 saturated carbocycles. The summed E-state index contributed by atoms with van der Waals surface area (Å²) in [6.07, 6.45) is 0.195. The second-order valence-electron chi connectivity index (χ2n) is 5.52. The number of pyridine rings is 1. The molecule has 2 rings (SSSR count). The summed E-state index contributed by atoms with van der Waals surface area (Å²) in [5.41, 5.74) is 1.69. The Kier molecular flexibility index (Phi) is 5.43. The second kappa shape index (κ2) is 7.17. The normalized spacial score (nSPS) is 22.3. The van der Waals surface area contributed by atoms with Crippen LogP contribution < -0.4 is 0 Å². The third-order valence-electron chi connectivity index (χ3n) is 4.22. The van der Waals surface area contributed by atoms with Crippen molar-refractivity contribution in [1.82, 2.24) is 4.98 Å². The molecule has 1 aromatic heterocycles. The van der Waals surface area contributed by atoms with Gasteiger partial charge in [0.05, 0.1) is 38.9 Å². The molecule has 130 valence electrons. The molecule has 0 radical (unpaired) electrons. The minimum Gasteiger partial charge on any atom is -0.469 e. The fraction of sp³-hybridized carbons (Fsp3) is 0.500. The third kappa shape index (κ3) is 3.08. The van der Waals surface area contributed by atoms with Gasteiger partial charge in [-0.1, -0.05) is 17.7 Å². The van der Waals surface area contributed by atoms with E-state index in [4.69, 9.17) is 25.8 Å². The number of halogens is 1.